The monoisotopic (exact) mass is 293 g/mol. The summed E-state index contributed by atoms with van der Waals surface area (Å²) in [6, 6.07) is 9.92. The van der Waals surface area contributed by atoms with Gasteiger partial charge >= 0.3 is 5.97 Å². The lowest BCUT2D eigenvalue weighted by Crippen LogP contribution is -2.53. The number of esters is 1. The van der Waals surface area contributed by atoms with Gasteiger partial charge in [0.05, 0.1) is 0 Å². The largest absolute Gasteiger partial charge is 0.463 e. The van der Waals surface area contributed by atoms with Gasteiger partial charge in [0.15, 0.2) is 0 Å². The molecule has 0 saturated carbocycles. The second kappa shape index (κ2) is 6.92. The zero-order valence-corrected chi connectivity index (χ0v) is 12.2. The molecule has 1 aliphatic rings. The first-order chi connectivity index (χ1) is 9.66. The van der Waals surface area contributed by atoms with E-state index in [1.807, 2.05) is 41.8 Å². The average Bonchev–Trinajstić information content (AvgIpc) is 2.85. The minimum absolute atomic E-state index is 0.136. The average molecular weight is 293 g/mol. The zero-order chi connectivity index (χ0) is 14.4. The number of hydrogen-bond donors (Lipinski definition) is 2. The van der Waals surface area contributed by atoms with Gasteiger partial charge in [-0.15, -0.1) is 11.8 Å². The van der Waals surface area contributed by atoms with E-state index < -0.39 is 11.0 Å². The first kappa shape index (κ1) is 15.1. The molecule has 0 amide bonds. The fourth-order valence-corrected chi connectivity index (χ4v) is 2.86. The van der Waals surface area contributed by atoms with Gasteiger partial charge < -0.3 is 9.84 Å². The Morgan fingerprint density at radius 3 is 2.80 bits per heavy atom. The number of rotatable bonds is 6. The van der Waals surface area contributed by atoms with Crippen molar-refractivity contribution in [2.45, 2.75) is 30.9 Å². The number of nitrogens with one attached hydrogen (secondary N) is 1. The molecule has 1 aromatic rings. The first-order valence-corrected chi connectivity index (χ1v) is 7.56. The van der Waals surface area contributed by atoms with Crippen LogP contribution in [-0.4, -0.2) is 28.7 Å². The fourth-order valence-electron chi connectivity index (χ4n) is 1.92. The van der Waals surface area contributed by atoms with E-state index >= 15 is 0 Å². The summed E-state index contributed by atoms with van der Waals surface area (Å²) in [5, 5.41) is 15.3. The molecule has 0 aliphatic carbocycles. The molecule has 1 aliphatic heterocycles. The van der Waals surface area contributed by atoms with Crippen molar-refractivity contribution < 1.29 is 14.6 Å². The van der Waals surface area contributed by atoms with E-state index in [0.29, 0.717) is 13.0 Å². The molecule has 2 rings (SSSR count). The molecule has 0 spiro atoms. The van der Waals surface area contributed by atoms with Crippen molar-refractivity contribution in [3.05, 3.63) is 47.4 Å². The van der Waals surface area contributed by atoms with Crippen molar-refractivity contribution >= 4 is 17.7 Å². The second-order valence-corrected chi connectivity index (χ2v) is 5.68. The molecule has 1 heterocycles. The maximum Gasteiger partial charge on any atom is 0.305 e. The molecule has 0 radical (unpaired) electrons. The van der Waals surface area contributed by atoms with Gasteiger partial charge in [-0.1, -0.05) is 43.3 Å². The maximum absolute atomic E-state index is 11.3. The van der Waals surface area contributed by atoms with E-state index in [2.05, 4.69) is 5.32 Å². The number of carbonyl (C=O) groups is 1. The van der Waals surface area contributed by atoms with E-state index in [4.69, 9.17) is 4.74 Å². The smallest absolute Gasteiger partial charge is 0.305 e. The van der Waals surface area contributed by atoms with Crippen LogP contribution in [0.2, 0.25) is 0 Å². The Labute approximate surface area is 123 Å². The van der Waals surface area contributed by atoms with E-state index in [0.717, 1.165) is 5.56 Å². The van der Waals surface area contributed by atoms with Gasteiger partial charge in [-0.25, -0.2) is 0 Å². The van der Waals surface area contributed by atoms with Crippen LogP contribution in [0, 0.1) is 0 Å². The molecule has 2 unspecified atom stereocenters. The third-order valence-corrected chi connectivity index (χ3v) is 4.21. The van der Waals surface area contributed by atoms with Crippen LogP contribution < -0.4 is 5.32 Å². The van der Waals surface area contributed by atoms with Crippen LogP contribution in [-0.2, 0) is 16.1 Å². The van der Waals surface area contributed by atoms with Crippen molar-refractivity contribution in [1.82, 2.24) is 5.32 Å². The Balaban J connectivity index is 2.00. The normalized spacial score (nSPS) is 24.8. The Bertz CT molecular complexity index is 477. The lowest BCUT2D eigenvalue weighted by molar-refractivity contribution is -0.145. The fraction of sp³-hybridized carbons (Fsp3) is 0.400. The number of ether oxygens (including phenoxy) is 1. The number of aliphatic hydroxyl groups excluding tert-OH is 1. The van der Waals surface area contributed by atoms with Crippen molar-refractivity contribution in [1.29, 1.82) is 0 Å². The van der Waals surface area contributed by atoms with Gasteiger partial charge in [0.1, 0.15) is 17.6 Å². The molecule has 108 valence electrons. The molecule has 4 nitrogen and oxygen atoms in total. The van der Waals surface area contributed by atoms with E-state index in [9.17, 15) is 9.90 Å². The van der Waals surface area contributed by atoms with Gasteiger partial charge in [0, 0.05) is 13.0 Å². The van der Waals surface area contributed by atoms with Crippen LogP contribution in [0.5, 0.6) is 0 Å². The van der Waals surface area contributed by atoms with E-state index in [1.54, 1.807) is 6.92 Å². The molecule has 1 aromatic carbocycles. The summed E-state index contributed by atoms with van der Waals surface area (Å²) in [6.07, 6.45) is 2.20. The Hall–Kier alpha value is -1.30. The third kappa shape index (κ3) is 3.62. The summed E-state index contributed by atoms with van der Waals surface area (Å²) in [7, 11) is 0. The summed E-state index contributed by atoms with van der Waals surface area (Å²) < 4.78 is 5.21. The van der Waals surface area contributed by atoms with Crippen molar-refractivity contribution in [2.24, 2.45) is 0 Å². The molecular formula is C15H19NO3S. The third-order valence-electron chi connectivity index (χ3n) is 3.24. The van der Waals surface area contributed by atoms with Crippen LogP contribution in [0.4, 0.5) is 0 Å². The lowest BCUT2D eigenvalue weighted by Gasteiger charge is -2.31. The minimum Gasteiger partial charge on any atom is -0.463 e. The van der Waals surface area contributed by atoms with Gasteiger partial charge in [-0.05, 0) is 11.0 Å². The molecule has 20 heavy (non-hydrogen) atoms. The van der Waals surface area contributed by atoms with Crippen LogP contribution in [0.1, 0.15) is 18.9 Å². The summed E-state index contributed by atoms with van der Waals surface area (Å²) in [6.45, 7) is 2.49. The van der Waals surface area contributed by atoms with Crippen molar-refractivity contribution in [3.8, 4) is 0 Å². The number of aliphatic hydroxyl groups is 1. The standard InChI is InChI=1S/C15H19NO3S/c1-2-13(17)19-11-15(8-9-20-14(15)18)16-10-12-6-4-3-5-7-12/h3-9,14,16,18H,2,10-11H2,1H3. The zero-order valence-electron chi connectivity index (χ0n) is 11.4. The maximum atomic E-state index is 11.3. The van der Waals surface area contributed by atoms with Gasteiger partial charge in [0.25, 0.3) is 0 Å². The highest BCUT2D eigenvalue weighted by Gasteiger charge is 2.40. The Morgan fingerprint density at radius 1 is 1.45 bits per heavy atom. The van der Waals surface area contributed by atoms with Crippen LogP contribution in [0.3, 0.4) is 0 Å². The molecular weight excluding hydrogens is 274 g/mol. The van der Waals surface area contributed by atoms with Gasteiger partial charge in [-0.3, -0.25) is 10.1 Å². The Morgan fingerprint density at radius 2 is 2.20 bits per heavy atom. The highest BCUT2D eigenvalue weighted by atomic mass is 32.2. The van der Waals surface area contributed by atoms with Crippen molar-refractivity contribution in [2.75, 3.05) is 6.61 Å². The second-order valence-electron chi connectivity index (χ2n) is 4.68. The highest BCUT2D eigenvalue weighted by molar-refractivity contribution is 8.02. The van der Waals surface area contributed by atoms with E-state index in [-0.39, 0.29) is 12.6 Å². The van der Waals surface area contributed by atoms with Crippen LogP contribution in [0.25, 0.3) is 0 Å². The lowest BCUT2D eigenvalue weighted by atomic mass is 10.0. The Kier molecular flexibility index (Phi) is 5.23. The number of carbonyl (C=O) groups excluding carboxylic acids is 1. The molecule has 2 atom stereocenters. The highest BCUT2D eigenvalue weighted by Crippen LogP contribution is 2.32. The molecule has 2 N–H and O–H groups in total. The van der Waals surface area contributed by atoms with Gasteiger partial charge in [-0.2, -0.15) is 0 Å². The van der Waals surface area contributed by atoms with Crippen molar-refractivity contribution in [3.63, 3.8) is 0 Å². The number of benzene rings is 1. The first-order valence-electron chi connectivity index (χ1n) is 6.62. The van der Waals surface area contributed by atoms with E-state index in [1.165, 1.54) is 11.8 Å². The minimum atomic E-state index is -0.717. The van der Waals surface area contributed by atoms with Gasteiger partial charge in [0.2, 0.25) is 0 Å². The molecule has 0 aromatic heterocycles. The summed E-state index contributed by atoms with van der Waals surface area (Å²) in [4.78, 5) is 11.3. The summed E-state index contributed by atoms with van der Waals surface area (Å²) >= 11 is 1.32. The SMILES string of the molecule is CCC(=O)OCC1(NCc2ccccc2)C=CSC1O. The molecule has 5 heteroatoms. The molecule has 0 bridgehead atoms. The number of thioether (sulfide) groups is 1. The van der Waals surface area contributed by atoms with Crippen LogP contribution in [0.15, 0.2) is 41.8 Å². The summed E-state index contributed by atoms with van der Waals surface area (Å²) in [5.41, 5.74) is -0.257. The topological polar surface area (TPSA) is 58.6 Å². The molecule has 0 fully saturated rings. The molecule has 0 saturated heterocycles. The predicted octanol–water partition coefficient (Wildman–Crippen LogP) is 2.05. The van der Waals surface area contributed by atoms with Crippen LogP contribution >= 0.6 is 11.8 Å². The predicted molar refractivity (Wildman–Crippen MR) is 80.0 cm³/mol. The number of hydrogen-bond acceptors (Lipinski definition) is 5. The quantitative estimate of drug-likeness (QED) is 0.786. The summed E-state index contributed by atoms with van der Waals surface area (Å²) in [5.74, 6) is -0.261.